The van der Waals surface area contributed by atoms with Crippen molar-refractivity contribution in [2.45, 2.75) is 77.6 Å². The monoisotopic (exact) mass is 574 g/mol. The van der Waals surface area contributed by atoms with Crippen LogP contribution in [0.1, 0.15) is 86.1 Å². The van der Waals surface area contributed by atoms with Gasteiger partial charge in [0.05, 0.1) is 45.9 Å². The molecular weight excluding hydrogens is 544 g/mol. The number of ketones is 1. The van der Waals surface area contributed by atoms with E-state index in [-0.39, 0.29) is 51.3 Å². The number of Topliss-reactive ketones (excluding diaryl/α,β-unsaturated/α-hetero) is 1. The highest BCUT2D eigenvalue weighted by molar-refractivity contribution is 6.35. The van der Waals surface area contributed by atoms with Gasteiger partial charge in [-0.2, -0.15) is 18.3 Å². The van der Waals surface area contributed by atoms with Crippen LogP contribution >= 0.6 is 23.2 Å². The summed E-state index contributed by atoms with van der Waals surface area (Å²) < 4.78 is 43.3. The molecule has 0 saturated heterocycles. The third kappa shape index (κ3) is 5.45. The van der Waals surface area contributed by atoms with Crippen molar-refractivity contribution in [1.82, 2.24) is 19.7 Å². The van der Waals surface area contributed by atoms with Crippen LogP contribution in [0.2, 0.25) is 10.0 Å². The first-order chi connectivity index (χ1) is 17.7. The van der Waals surface area contributed by atoms with E-state index in [1.807, 2.05) is 6.92 Å². The van der Waals surface area contributed by atoms with Gasteiger partial charge in [0.15, 0.2) is 0 Å². The van der Waals surface area contributed by atoms with Crippen LogP contribution in [0, 0.1) is 17.8 Å². The van der Waals surface area contributed by atoms with Crippen LogP contribution in [-0.2, 0) is 4.79 Å². The first-order valence-electron chi connectivity index (χ1n) is 12.6. The predicted octanol–water partition coefficient (Wildman–Crippen LogP) is 6.12. The predicted molar refractivity (Wildman–Crippen MR) is 136 cm³/mol. The van der Waals surface area contributed by atoms with E-state index in [0.717, 1.165) is 4.90 Å². The first-order valence-corrected chi connectivity index (χ1v) is 13.3. The molecule has 0 bridgehead atoms. The molecular formula is C26H31Cl2F3N4O3. The summed E-state index contributed by atoms with van der Waals surface area (Å²) in [6.45, 7) is 4.22. The summed E-state index contributed by atoms with van der Waals surface area (Å²) >= 11 is 12.3. The van der Waals surface area contributed by atoms with Gasteiger partial charge in [-0.05, 0) is 52.4 Å². The molecule has 2 aromatic rings. The molecule has 2 saturated carbocycles. The third-order valence-corrected chi connectivity index (χ3v) is 8.98. The van der Waals surface area contributed by atoms with E-state index in [9.17, 15) is 27.9 Å². The number of halogens is 5. The van der Waals surface area contributed by atoms with Gasteiger partial charge in [0.2, 0.25) is 0 Å². The molecule has 208 valence electrons. The Bertz CT molecular complexity index is 1200. The van der Waals surface area contributed by atoms with Crippen molar-refractivity contribution >= 4 is 34.9 Å². The summed E-state index contributed by atoms with van der Waals surface area (Å²) in [5.41, 5.74) is -1.60. The number of aliphatic hydroxyl groups is 1. The number of hydrogen-bond donors (Lipinski definition) is 1. The molecule has 0 spiro atoms. The number of pyridine rings is 1. The molecule has 4 rings (SSSR count). The van der Waals surface area contributed by atoms with E-state index in [2.05, 4.69) is 10.1 Å². The Balaban J connectivity index is 1.60. The van der Waals surface area contributed by atoms with E-state index in [1.165, 1.54) is 18.6 Å². The summed E-state index contributed by atoms with van der Waals surface area (Å²) in [5.74, 6) is -0.514. The van der Waals surface area contributed by atoms with E-state index in [0.29, 0.717) is 31.4 Å². The SMILES string of the molecule is CC(=O)C1(C)CCC(n2ncc(C(=O)N(CC(O)c3c(Cl)cncc3Cl)CC3(C(F)(F)F)CC3)c2C)CC1. The van der Waals surface area contributed by atoms with Crippen molar-refractivity contribution < 1.29 is 27.9 Å². The number of hydrogen-bond acceptors (Lipinski definition) is 5. The minimum absolute atomic E-state index is 0.0256. The number of rotatable bonds is 8. The molecule has 2 aliphatic rings. The van der Waals surface area contributed by atoms with Crippen LogP contribution in [0.4, 0.5) is 13.2 Å². The van der Waals surface area contributed by atoms with Crippen LogP contribution in [0.25, 0.3) is 0 Å². The zero-order valence-electron chi connectivity index (χ0n) is 21.5. The van der Waals surface area contributed by atoms with Gasteiger partial charge < -0.3 is 10.0 Å². The Hall–Kier alpha value is -2.17. The molecule has 0 aromatic carbocycles. The minimum Gasteiger partial charge on any atom is -0.386 e. The van der Waals surface area contributed by atoms with Crippen molar-refractivity contribution in [2.75, 3.05) is 13.1 Å². The fourth-order valence-electron chi connectivity index (χ4n) is 5.31. The Morgan fingerprint density at radius 3 is 2.24 bits per heavy atom. The zero-order chi connectivity index (χ0) is 28.0. The molecule has 2 heterocycles. The molecule has 0 radical (unpaired) electrons. The van der Waals surface area contributed by atoms with Gasteiger partial charge in [0.25, 0.3) is 5.91 Å². The van der Waals surface area contributed by atoms with E-state index < -0.39 is 36.7 Å². The summed E-state index contributed by atoms with van der Waals surface area (Å²) in [6, 6.07) is -0.0256. The molecule has 2 fully saturated rings. The fraction of sp³-hybridized carbons (Fsp3) is 0.615. The van der Waals surface area contributed by atoms with Gasteiger partial charge in [-0.15, -0.1) is 0 Å². The van der Waals surface area contributed by atoms with Gasteiger partial charge in [-0.1, -0.05) is 30.1 Å². The van der Waals surface area contributed by atoms with E-state index >= 15 is 0 Å². The number of carbonyl (C=O) groups is 2. The van der Waals surface area contributed by atoms with Crippen molar-refractivity contribution in [3.63, 3.8) is 0 Å². The van der Waals surface area contributed by atoms with Crippen LogP contribution < -0.4 is 0 Å². The van der Waals surface area contributed by atoms with Crippen LogP contribution in [0.15, 0.2) is 18.6 Å². The molecule has 1 unspecified atom stereocenters. The number of aromatic nitrogens is 3. The summed E-state index contributed by atoms with van der Waals surface area (Å²) in [7, 11) is 0. The first kappa shape index (κ1) is 28.8. The van der Waals surface area contributed by atoms with Crippen molar-refractivity contribution in [3.8, 4) is 0 Å². The Morgan fingerprint density at radius 2 is 1.74 bits per heavy atom. The maximum absolute atomic E-state index is 13.9. The lowest BCUT2D eigenvalue weighted by Crippen LogP contribution is -2.43. The second-order valence-electron chi connectivity index (χ2n) is 10.9. The van der Waals surface area contributed by atoms with Crippen LogP contribution in [0.5, 0.6) is 0 Å². The highest BCUT2D eigenvalue weighted by atomic mass is 35.5. The molecule has 0 aliphatic heterocycles. The van der Waals surface area contributed by atoms with Crippen LogP contribution in [0.3, 0.4) is 0 Å². The molecule has 1 atom stereocenters. The Labute approximate surface area is 229 Å². The van der Waals surface area contributed by atoms with Crippen molar-refractivity contribution in [3.05, 3.63) is 45.5 Å². The lowest BCUT2D eigenvalue weighted by Gasteiger charge is -2.36. The average Bonchev–Trinajstić information content (AvgIpc) is 3.53. The normalized spacial score (nSPS) is 23.7. The van der Waals surface area contributed by atoms with Gasteiger partial charge in [0, 0.05) is 35.6 Å². The topological polar surface area (TPSA) is 88.3 Å². The lowest BCUT2D eigenvalue weighted by molar-refractivity contribution is -0.190. The van der Waals surface area contributed by atoms with Crippen LogP contribution in [-0.4, -0.2) is 55.7 Å². The number of carbonyl (C=O) groups excluding carboxylic acids is 2. The molecule has 1 amide bonds. The maximum atomic E-state index is 13.9. The second-order valence-corrected chi connectivity index (χ2v) is 11.7. The fourth-order valence-corrected chi connectivity index (χ4v) is 5.93. The Kier molecular flexibility index (Phi) is 7.91. The number of nitrogens with zero attached hydrogens (tertiary/aromatic N) is 4. The van der Waals surface area contributed by atoms with Gasteiger partial charge in [-0.3, -0.25) is 19.3 Å². The lowest BCUT2D eigenvalue weighted by atomic mass is 9.71. The van der Waals surface area contributed by atoms with Gasteiger partial charge in [0.1, 0.15) is 5.78 Å². The highest BCUT2D eigenvalue weighted by Crippen LogP contribution is 2.58. The Morgan fingerprint density at radius 1 is 1.16 bits per heavy atom. The van der Waals surface area contributed by atoms with Crippen molar-refractivity contribution in [2.24, 2.45) is 10.8 Å². The standard InChI is InChI=1S/C26H31Cl2F3N4O3/c1-15-18(10-33-35(15)17-4-6-24(3,7-5-17)16(2)36)23(38)34(14-25(8-9-25)26(29,30)31)13-21(37)22-19(27)11-32-12-20(22)28/h10-12,17,21,37H,4-9,13-14H2,1-3H3. The quantitative estimate of drug-likeness (QED) is 0.410. The number of alkyl halides is 3. The van der Waals surface area contributed by atoms with E-state index in [1.54, 1.807) is 18.5 Å². The zero-order valence-corrected chi connectivity index (χ0v) is 23.0. The molecule has 12 heteroatoms. The minimum atomic E-state index is -4.49. The summed E-state index contributed by atoms with van der Waals surface area (Å²) in [5, 5.41) is 15.4. The third-order valence-electron chi connectivity index (χ3n) is 8.38. The smallest absolute Gasteiger partial charge is 0.386 e. The van der Waals surface area contributed by atoms with Gasteiger partial charge in [-0.25, -0.2) is 0 Å². The number of aliphatic hydroxyl groups excluding tert-OH is 1. The average molecular weight is 575 g/mol. The summed E-state index contributed by atoms with van der Waals surface area (Å²) in [4.78, 5) is 30.6. The molecule has 2 aliphatic carbocycles. The highest BCUT2D eigenvalue weighted by Gasteiger charge is 2.64. The largest absolute Gasteiger partial charge is 0.396 e. The van der Waals surface area contributed by atoms with Gasteiger partial charge >= 0.3 is 6.18 Å². The second kappa shape index (κ2) is 10.4. The molecule has 7 nitrogen and oxygen atoms in total. The molecule has 2 aromatic heterocycles. The van der Waals surface area contributed by atoms with E-state index in [4.69, 9.17) is 23.2 Å². The maximum Gasteiger partial charge on any atom is 0.396 e. The number of amides is 1. The van der Waals surface area contributed by atoms with Crippen molar-refractivity contribution in [1.29, 1.82) is 0 Å². The molecule has 38 heavy (non-hydrogen) atoms. The summed E-state index contributed by atoms with van der Waals surface area (Å²) in [6.07, 6.45) is 0.578. The molecule has 1 N–H and O–H groups in total.